The van der Waals surface area contributed by atoms with Gasteiger partial charge < -0.3 is 16.0 Å². The van der Waals surface area contributed by atoms with Crippen LogP contribution in [0.25, 0.3) is 0 Å². The van der Waals surface area contributed by atoms with Crippen molar-refractivity contribution in [3.63, 3.8) is 0 Å². The maximum atomic E-state index is 7.52. The van der Waals surface area contributed by atoms with Crippen molar-refractivity contribution >= 4 is 5.71 Å². The van der Waals surface area contributed by atoms with Crippen molar-refractivity contribution in [2.45, 2.75) is 13.8 Å². The van der Waals surface area contributed by atoms with Gasteiger partial charge in [-0.15, -0.1) is 0 Å². The standard InChI is InChI=1S/C8H17N3/c1-6(2)7(9)5-8(10-3)11-4/h5-6,9-11H,1-4H3. The van der Waals surface area contributed by atoms with Gasteiger partial charge in [0.2, 0.25) is 0 Å². The van der Waals surface area contributed by atoms with E-state index >= 15 is 0 Å². The maximum Gasteiger partial charge on any atom is 0.0999 e. The van der Waals surface area contributed by atoms with Gasteiger partial charge in [-0.2, -0.15) is 0 Å². The lowest BCUT2D eigenvalue weighted by atomic mass is 10.1. The van der Waals surface area contributed by atoms with Crippen LogP contribution in [0.5, 0.6) is 0 Å². The third-order valence-electron chi connectivity index (χ3n) is 1.46. The summed E-state index contributed by atoms with van der Waals surface area (Å²) in [7, 11) is 3.66. The first-order valence-electron chi connectivity index (χ1n) is 3.77. The molecule has 3 N–H and O–H groups in total. The zero-order chi connectivity index (χ0) is 8.85. The van der Waals surface area contributed by atoms with E-state index in [-0.39, 0.29) is 5.92 Å². The van der Waals surface area contributed by atoms with Gasteiger partial charge in [0.15, 0.2) is 0 Å². The SMILES string of the molecule is CNC(=CC(=N)C(C)C)NC. The molecule has 0 amide bonds. The lowest BCUT2D eigenvalue weighted by Crippen LogP contribution is -2.21. The summed E-state index contributed by atoms with van der Waals surface area (Å²) in [6.45, 7) is 4.00. The van der Waals surface area contributed by atoms with Gasteiger partial charge in [0.1, 0.15) is 0 Å². The molecule has 64 valence electrons. The molecule has 0 heterocycles. The van der Waals surface area contributed by atoms with Crippen molar-refractivity contribution in [3.05, 3.63) is 11.9 Å². The molecule has 0 aliphatic heterocycles. The van der Waals surface area contributed by atoms with Crippen molar-refractivity contribution in [1.82, 2.24) is 10.6 Å². The van der Waals surface area contributed by atoms with Crippen molar-refractivity contribution < 1.29 is 0 Å². The molecule has 0 unspecified atom stereocenters. The fraction of sp³-hybridized carbons (Fsp3) is 0.625. The first-order chi connectivity index (χ1) is 5.11. The van der Waals surface area contributed by atoms with E-state index in [4.69, 9.17) is 5.41 Å². The van der Waals surface area contributed by atoms with Crippen LogP contribution in [0.1, 0.15) is 13.8 Å². The molecule has 0 spiro atoms. The van der Waals surface area contributed by atoms with Gasteiger partial charge in [-0.3, -0.25) is 0 Å². The van der Waals surface area contributed by atoms with E-state index in [0.717, 1.165) is 5.82 Å². The van der Waals surface area contributed by atoms with Gasteiger partial charge in [-0.25, -0.2) is 0 Å². The third-order valence-corrected chi connectivity index (χ3v) is 1.46. The van der Waals surface area contributed by atoms with Crippen LogP contribution in [-0.2, 0) is 0 Å². The average molecular weight is 155 g/mol. The molecule has 0 aliphatic rings. The van der Waals surface area contributed by atoms with Gasteiger partial charge in [-0.1, -0.05) is 13.8 Å². The number of rotatable bonds is 4. The molecule has 0 aliphatic carbocycles. The quantitative estimate of drug-likeness (QED) is 0.529. The van der Waals surface area contributed by atoms with Gasteiger partial charge in [0.25, 0.3) is 0 Å². The summed E-state index contributed by atoms with van der Waals surface area (Å²) in [4.78, 5) is 0. The molecule has 0 saturated carbocycles. The zero-order valence-corrected chi connectivity index (χ0v) is 7.65. The summed E-state index contributed by atoms with van der Waals surface area (Å²) in [6.07, 6.45) is 1.80. The first kappa shape index (κ1) is 10.0. The number of hydrogen-bond acceptors (Lipinski definition) is 3. The first-order valence-corrected chi connectivity index (χ1v) is 3.77. The Labute approximate surface area is 68.4 Å². The lowest BCUT2D eigenvalue weighted by Gasteiger charge is -2.07. The molecule has 0 radical (unpaired) electrons. The second-order valence-corrected chi connectivity index (χ2v) is 2.67. The largest absolute Gasteiger partial charge is 0.375 e. The second-order valence-electron chi connectivity index (χ2n) is 2.67. The Morgan fingerprint density at radius 2 is 1.73 bits per heavy atom. The highest BCUT2D eigenvalue weighted by Gasteiger charge is 1.99. The molecule has 0 aromatic rings. The van der Waals surface area contributed by atoms with Crippen molar-refractivity contribution in [3.8, 4) is 0 Å². The van der Waals surface area contributed by atoms with Crippen LogP contribution in [0.3, 0.4) is 0 Å². The minimum Gasteiger partial charge on any atom is -0.375 e. The van der Waals surface area contributed by atoms with Crippen LogP contribution in [0.15, 0.2) is 11.9 Å². The van der Waals surface area contributed by atoms with Crippen LogP contribution in [0.2, 0.25) is 0 Å². The second kappa shape index (κ2) is 4.77. The number of allylic oxidation sites excluding steroid dienone is 1. The molecule has 0 aromatic carbocycles. The summed E-state index contributed by atoms with van der Waals surface area (Å²) >= 11 is 0. The van der Waals surface area contributed by atoms with Crippen LogP contribution in [-0.4, -0.2) is 19.8 Å². The molecule has 0 aromatic heterocycles. The average Bonchev–Trinajstić information content (AvgIpc) is 1.99. The normalized spacial score (nSPS) is 9.18. The summed E-state index contributed by atoms with van der Waals surface area (Å²) in [6, 6.07) is 0. The summed E-state index contributed by atoms with van der Waals surface area (Å²) in [5.74, 6) is 1.16. The fourth-order valence-corrected chi connectivity index (χ4v) is 0.592. The van der Waals surface area contributed by atoms with Gasteiger partial charge in [-0.05, 0) is 12.0 Å². The summed E-state index contributed by atoms with van der Waals surface area (Å²) < 4.78 is 0. The molecule has 0 saturated heterocycles. The fourth-order valence-electron chi connectivity index (χ4n) is 0.592. The van der Waals surface area contributed by atoms with Crippen LogP contribution in [0.4, 0.5) is 0 Å². The highest BCUT2D eigenvalue weighted by Crippen LogP contribution is 1.96. The number of hydrogen-bond donors (Lipinski definition) is 3. The van der Waals surface area contributed by atoms with E-state index in [2.05, 4.69) is 10.6 Å². The minimum absolute atomic E-state index is 0.284. The molecule has 11 heavy (non-hydrogen) atoms. The summed E-state index contributed by atoms with van der Waals surface area (Å²) in [5, 5.41) is 13.4. The lowest BCUT2D eigenvalue weighted by molar-refractivity contribution is 0.828. The molecule has 3 nitrogen and oxygen atoms in total. The van der Waals surface area contributed by atoms with E-state index in [1.165, 1.54) is 0 Å². The molecule has 0 bridgehead atoms. The smallest absolute Gasteiger partial charge is 0.0999 e. The predicted molar refractivity (Wildman–Crippen MR) is 48.8 cm³/mol. The zero-order valence-electron chi connectivity index (χ0n) is 7.65. The third kappa shape index (κ3) is 3.65. The highest BCUT2D eigenvalue weighted by atomic mass is 15.0. The Kier molecular flexibility index (Phi) is 4.34. The van der Waals surface area contributed by atoms with E-state index < -0.39 is 0 Å². The van der Waals surface area contributed by atoms with Crippen LogP contribution in [0, 0.1) is 11.3 Å². The Balaban J connectivity index is 4.15. The topological polar surface area (TPSA) is 47.9 Å². The van der Waals surface area contributed by atoms with Gasteiger partial charge >= 0.3 is 0 Å². The Morgan fingerprint density at radius 1 is 1.27 bits per heavy atom. The Morgan fingerprint density at radius 3 is 2.00 bits per heavy atom. The maximum absolute atomic E-state index is 7.52. The summed E-state index contributed by atoms with van der Waals surface area (Å²) in [5.41, 5.74) is 0.628. The molecule has 0 atom stereocenters. The van der Waals surface area contributed by atoms with Crippen molar-refractivity contribution in [2.75, 3.05) is 14.1 Å². The molecular weight excluding hydrogens is 138 g/mol. The molecule has 3 heteroatoms. The minimum atomic E-state index is 0.284. The van der Waals surface area contributed by atoms with Gasteiger partial charge in [0.05, 0.1) is 5.82 Å². The monoisotopic (exact) mass is 155 g/mol. The number of nitrogens with one attached hydrogen (secondary N) is 3. The molecule has 0 rings (SSSR count). The van der Waals surface area contributed by atoms with E-state index in [1.54, 1.807) is 6.08 Å². The van der Waals surface area contributed by atoms with E-state index in [0.29, 0.717) is 5.71 Å². The van der Waals surface area contributed by atoms with Crippen molar-refractivity contribution in [2.24, 2.45) is 5.92 Å². The molecular formula is C8H17N3. The van der Waals surface area contributed by atoms with Crippen LogP contribution < -0.4 is 10.6 Å². The highest BCUT2D eigenvalue weighted by molar-refractivity contribution is 5.94. The van der Waals surface area contributed by atoms with Gasteiger partial charge in [0, 0.05) is 19.8 Å². The van der Waals surface area contributed by atoms with E-state index in [1.807, 2.05) is 27.9 Å². The predicted octanol–water partition coefficient (Wildman–Crippen LogP) is 0.942. The molecule has 0 fully saturated rings. The van der Waals surface area contributed by atoms with Crippen LogP contribution >= 0.6 is 0 Å². The Bertz CT molecular complexity index is 153. The van der Waals surface area contributed by atoms with Crippen molar-refractivity contribution in [1.29, 1.82) is 5.41 Å². The Hall–Kier alpha value is -0.990. The van der Waals surface area contributed by atoms with E-state index in [9.17, 15) is 0 Å².